The largest absolute Gasteiger partial charge is 0.490 e. The van der Waals surface area contributed by atoms with E-state index in [1.54, 1.807) is 0 Å². The third kappa shape index (κ3) is 3.22. The van der Waals surface area contributed by atoms with Gasteiger partial charge < -0.3 is 9.84 Å². The molecular weight excluding hydrogens is 216 g/mol. The monoisotopic (exact) mass is 234 g/mol. The summed E-state index contributed by atoms with van der Waals surface area (Å²) < 4.78 is 5.87. The Bertz CT molecular complexity index is 392. The Morgan fingerprint density at radius 3 is 2.59 bits per heavy atom. The number of aryl methyl sites for hydroxylation is 1. The highest BCUT2D eigenvalue weighted by Crippen LogP contribution is 2.27. The average molecular weight is 234 g/mol. The summed E-state index contributed by atoms with van der Waals surface area (Å²) in [7, 11) is 0. The molecule has 1 fully saturated rings. The van der Waals surface area contributed by atoms with Gasteiger partial charge in [-0.15, -0.1) is 0 Å². The minimum Gasteiger partial charge on any atom is -0.490 e. The maximum absolute atomic E-state index is 10.8. The highest BCUT2D eigenvalue weighted by molar-refractivity contribution is 5.70. The molecule has 0 heterocycles. The number of benzene rings is 1. The second kappa shape index (κ2) is 5.21. The van der Waals surface area contributed by atoms with Gasteiger partial charge in [-0.25, -0.2) is 0 Å². The van der Waals surface area contributed by atoms with Crippen LogP contribution in [0.5, 0.6) is 5.75 Å². The van der Waals surface area contributed by atoms with Crippen molar-refractivity contribution in [1.82, 2.24) is 0 Å². The molecule has 1 aromatic rings. The number of hydrogen-bond acceptors (Lipinski definition) is 2. The van der Waals surface area contributed by atoms with Gasteiger partial charge in [-0.3, -0.25) is 4.79 Å². The topological polar surface area (TPSA) is 46.5 Å². The van der Waals surface area contributed by atoms with Gasteiger partial charge in [0, 0.05) is 0 Å². The molecular formula is C14H18O3. The van der Waals surface area contributed by atoms with Gasteiger partial charge in [0.25, 0.3) is 0 Å². The number of ether oxygens (including phenoxy) is 1. The molecule has 1 aliphatic rings. The Kier molecular flexibility index (Phi) is 3.67. The van der Waals surface area contributed by atoms with E-state index >= 15 is 0 Å². The van der Waals surface area contributed by atoms with E-state index < -0.39 is 5.97 Å². The van der Waals surface area contributed by atoms with Crippen LogP contribution in [0.2, 0.25) is 0 Å². The molecule has 0 aliphatic heterocycles. The van der Waals surface area contributed by atoms with Crippen molar-refractivity contribution in [3.8, 4) is 5.75 Å². The number of carbonyl (C=O) groups is 1. The van der Waals surface area contributed by atoms with E-state index in [4.69, 9.17) is 9.84 Å². The van der Waals surface area contributed by atoms with E-state index in [1.807, 2.05) is 31.2 Å². The summed E-state index contributed by atoms with van der Waals surface area (Å²) in [6, 6.07) is 7.99. The molecule has 1 N–H and O–H groups in total. The quantitative estimate of drug-likeness (QED) is 0.874. The maximum Gasteiger partial charge on any atom is 0.306 e. The van der Waals surface area contributed by atoms with E-state index in [-0.39, 0.29) is 12.0 Å². The van der Waals surface area contributed by atoms with Crippen molar-refractivity contribution >= 4 is 5.97 Å². The number of hydrogen-bond donors (Lipinski definition) is 1. The van der Waals surface area contributed by atoms with Gasteiger partial charge in [0.15, 0.2) is 0 Å². The van der Waals surface area contributed by atoms with Gasteiger partial charge in [-0.2, -0.15) is 0 Å². The zero-order valence-corrected chi connectivity index (χ0v) is 10.1. The molecule has 92 valence electrons. The summed E-state index contributed by atoms with van der Waals surface area (Å²) in [5.41, 5.74) is 1.18. The maximum atomic E-state index is 10.8. The van der Waals surface area contributed by atoms with Crippen molar-refractivity contribution < 1.29 is 14.6 Å². The van der Waals surface area contributed by atoms with Crippen LogP contribution in [0.4, 0.5) is 0 Å². The lowest BCUT2D eigenvalue weighted by Crippen LogP contribution is -2.27. The number of carboxylic acid groups (broad SMARTS) is 1. The predicted molar refractivity (Wildman–Crippen MR) is 65.2 cm³/mol. The summed E-state index contributed by atoms with van der Waals surface area (Å²) in [6.07, 6.45) is 3.31. The van der Waals surface area contributed by atoms with Crippen LogP contribution in [0.1, 0.15) is 31.2 Å². The van der Waals surface area contributed by atoms with Gasteiger partial charge in [0.1, 0.15) is 5.75 Å². The van der Waals surface area contributed by atoms with E-state index in [1.165, 1.54) is 5.56 Å². The number of aliphatic carboxylic acids is 1. The van der Waals surface area contributed by atoms with Gasteiger partial charge in [-0.1, -0.05) is 12.1 Å². The van der Waals surface area contributed by atoms with E-state index in [0.717, 1.165) is 31.4 Å². The van der Waals surface area contributed by atoms with Crippen LogP contribution >= 0.6 is 0 Å². The highest BCUT2D eigenvalue weighted by Gasteiger charge is 2.26. The fourth-order valence-corrected chi connectivity index (χ4v) is 2.31. The molecule has 1 aromatic carbocycles. The van der Waals surface area contributed by atoms with Crippen LogP contribution in [0, 0.1) is 12.8 Å². The average Bonchev–Trinajstić information content (AvgIpc) is 2.29. The molecule has 0 radical (unpaired) electrons. The summed E-state index contributed by atoms with van der Waals surface area (Å²) in [5.74, 6) is 0.0511. The lowest BCUT2D eigenvalue weighted by atomic mass is 9.87. The minimum absolute atomic E-state index is 0.174. The molecule has 1 aliphatic carbocycles. The van der Waals surface area contributed by atoms with Crippen LogP contribution in [0.25, 0.3) is 0 Å². The Labute approximate surface area is 101 Å². The smallest absolute Gasteiger partial charge is 0.306 e. The predicted octanol–water partition coefficient (Wildman–Crippen LogP) is 3.02. The van der Waals surface area contributed by atoms with Crippen molar-refractivity contribution in [2.45, 2.75) is 38.7 Å². The van der Waals surface area contributed by atoms with E-state index in [9.17, 15) is 4.79 Å². The molecule has 0 unspecified atom stereocenters. The molecule has 0 spiro atoms. The Morgan fingerprint density at radius 1 is 1.29 bits per heavy atom. The Morgan fingerprint density at radius 2 is 2.00 bits per heavy atom. The summed E-state index contributed by atoms with van der Waals surface area (Å²) in [5, 5.41) is 8.91. The molecule has 0 atom stereocenters. The molecule has 17 heavy (non-hydrogen) atoms. The first-order chi connectivity index (χ1) is 8.15. The second-order valence-corrected chi connectivity index (χ2v) is 4.75. The molecule has 3 nitrogen and oxygen atoms in total. The first-order valence-electron chi connectivity index (χ1n) is 6.11. The third-order valence-electron chi connectivity index (χ3n) is 3.32. The first kappa shape index (κ1) is 12.0. The fraction of sp³-hybridized carbons (Fsp3) is 0.500. The Hall–Kier alpha value is -1.51. The highest BCUT2D eigenvalue weighted by atomic mass is 16.5. The lowest BCUT2D eigenvalue weighted by Gasteiger charge is -2.26. The fourth-order valence-electron chi connectivity index (χ4n) is 2.31. The molecule has 3 heteroatoms. The standard InChI is InChI=1S/C14H18O3/c1-10-3-2-4-13(9-10)17-12-7-5-11(6-8-12)14(15)16/h2-4,9,11-12H,5-8H2,1H3,(H,15,16). The van der Waals surface area contributed by atoms with Crippen molar-refractivity contribution in [3.63, 3.8) is 0 Å². The summed E-state index contributed by atoms with van der Waals surface area (Å²) in [4.78, 5) is 10.8. The van der Waals surface area contributed by atoms with Crippen LogP contribution in [-0.4, -0.2) is 17.2 Å². The normalized spacial score (nSPS) is 24.3. The molecule has 0 amide bonds. The molecule has 0 saturated heterocycles. The van der Waals surface area contributed by atoms with Gasteiger partial charge in [-0.05, 0) is 50.3 Å². The van der Waals surface area contributed by atoms with Gasteiger partial charge >= 0.3 is 5.97 Å². The summed E-state index contributed by atoms with van der Waals surface area (Å²) >= 11 is 0. The molecule has 0 bridgehead atoms. The molecule has 2 rings (SSSR count). The van der Waals surface area contributed by atoms with Crippen LogP contribution in [0.15, 0.2) is 24.3 Å². The van der Waals surface area contributed by atoms with Gasteiger partial charge in [0.05, 0.1) is 12.0 Å². The second-order valence-electron chi connectivity index (χ2n) is 4.75. The van der Waals surface area contributed by atoms with Crippen LogP contribution < -0.4 is 4.74 Å². The zero-order chi connectivity index (χ0) is 12.3. The minimum atomic E-state index is -0.668. The van der Waals surface area contributed by atoms with Crippen molar-refractivity contribution in [1.29, 1.82) is 0 Å². The number of carboxylic acids is 1. The lowest BCUT2D eigenvalue weighted by molar-refractivity contribution is -0.143. The SMILES string of the molecule is Cc1cccc(OC2CCC(C(=O)O)CC2)c1. The van der Waals surface area contributed by atoms with Crippen LogP contribution in [0.3, 0.4) is 0 Å². The van der Waals surface area contributed by atoms with E-state index in [0.29, 0.717) is 0 Å². The first-order valence-corrected chi connectivity index (χ1v) is 6.11. The van der Waals surface area contributed by atoms with Gasteiger partial charge in [0.2, 0.25) is 0 Å². The van der Waals surface area contributed by atoms with Crippen molar-refractivity contribution in [2.24, 2.45) is 5.92 Å². The van der Waals surface area contributed by atoms with E-state index in [2.05, 4.69) is 0 Å². The zero-order valence-electron chi connectivity index (χ0n) is 10.1. The number of rotatable bonds is 3. The summed E-state index contributed by atoms with van der Waals surface area (Å²) in [6.45, 7) is 2.04. The molecule has 0 aromatic heterocycles. The third-order valence-corrected chi connectivity index (χ3v) is 3.32. The molecule has 1 saturated carbocycles. The van der Waals surface area contributed by atoms with Crippen molar-refractivity contribution in [3.05, 3.63) is 29.8 Å². The van der Waals surface area contributed by atoms with Crippen LogP contribution in [-0.2, 0) is 4.79 Å². The Balaban J connectivity index is 1.88. The van der Waals surface area contributed by atoms with Crippen molar-refractivity contribution in [2.75, 3.05) is 0 Å².